The number of epoxide rings is 1. The normalized spacial score (nSPS) is 25.4. The van der Waals surface area contributed by atoms with Crippen molar-refractivity contribution in [2.24, 2.45) is 0 Å². The Morgan fingerprint density at radius 2 is 1.93 bits per heavy atom. The van der Waals surface area contributed by atoms with Crippen LogP contribution in [0.5, 0.6) is 0 Å². The molecule has 0 radical (unpaired) electrons. The van der Waals surface area contributed by atoms with E-state index in [1.165, 1.54) is 12.1 Å². The molecule has 0 aliphatic carbocycles. The van der Waals surface area contributed by atoms with E-state index in [0.717, 1.165) is 5.56 Å². The Hall–Kier alpha value is -0.930. The molecule has 2 rings (SSSR count). The number of hydrogen-bond donors (Lipinski definition) is 1. The van der Waals surface area contributed by atoms with Gasteiger partial charge in [-0.3, -0.25) is 5.32 Å². The minimum atomic E-state index is -0.206. The van der Waals surface area contributed by atoms with Crippen LogP contribution in [-0.4, -0.2) is 12.3 Å². The summed E-state index contributed by atoms with van der Waals surface area (Å²) in [6.45, 7) is 4.15. The number of nitrogens with one attached hydrogen (secondary N) is 1. The molecule has 0 aromatic heterocycles. The lowest BCUT2D eigenvalue weighted by atomic mass is 10.1. The molecule has 1 saturated heterocycles. The van der Waals surface area contributed by atoms with Gasteiger partial charge >= 0.3 is 0 Å². The summed E-state index contributed by atoms with van der Waals surface area (Å²) in [6, 6.07) is 6.86. The third-order valence-electron chi connectivity index (χ3n) is 2.19. The van der Waals surface area contributed by atoms with E-state index in [1.807, 2.05) is 0 Å². The van der Waals surface area contributed by atoms with Crippen LogP contribution in [0, 0.1) is 5.82 Å². The van der Waals surface area contributed by atoms with Crippen molar-refractivity contribution in [1.29, 1.82) is 0 Å². The number of benzene rings is 1. The molecule has 1 aromatic carbocycles. The monoisotopic (exact) mass is 195 g/mol. The molecule has 1 heterocycles. The highest BCUT2D eigenvalue weighted by atomic mass is 19.1. The maximum Gasteiger partial charge on any atom is 0.140 e. The highest BCUT2D eigenvalue weighted by molar-refractivity contribution is 5.22. The fourth-order valence-corrected chi connectivity index (χ4v) is 1.47. The Morgan fingerprint density at radius 1 is 1.29 bits per heavy atom. The molecular weight excluding hydrogens is 181 g/mol. The molecule has 1 N–H and O–H groups in total. The molecule has 14 heavy (non-hydrogen) atoms. The van der Waals surface area contributed by atoms with Gasteiger partial charge in [0.15, 0.2) is 0 Å². The van der Waals surface area contributed by atoms with Gasteiger partial charge in [0.25, 0.3) is 0 Å². The summed E-state index contributed by atoms with van der Waals surface area (Å²) in [6.07, 6.45) is 0.193. The van der Waals surface area contributed by atoms with Crippen LogP contribution in [-0.2, 0) is 4.74 Å². The van der Waals surface area contributed by atoms with E-state index >= 15 is 0 Å². The van der Waals surface area contributed by atoms with Crippen molar-refractivity contribution < 1.29 is 9.13 Å². The third kappa shape index (κ3) is 2.11. The molecule has 0 spiro atoms. The number of hydrogen-bond acceptors (Lipinski definition) is 2. The minimum Gasteiger partial charge on any atom is -0.348 e. The van der Waals surface area contributed by atoms with Crippen LogP contribution in [0.25, 0.3) is 0 Å². The molecule has 1 fully saturated rings. The fraction of sp³-hybridized carbons (Fsp3) is 0.455. The van der Waals surface area contributed by atoms with Crippen molar-refractivity contribution in [3.8, 4) is 0 Å². The first-order valence-corrected chi connectivity index (χ1v) is 4.84. The first kappa shape index (κ1) is 9.62. The Balaban J connectivity index is 1.96. The van der Waals surface area contributed by atoms with Crippen molar-refractivity contribution in [1.82, 2.24) is 5.32 Å². The van der Waals surface area contributed by atoms with E-state index in [2.05, 4.69) is 19.2 Å². The lowest BCUT2D eigenvalue weighted by molar-refractivity contribution is 0.335. The van der Waals surface area contributed by atoms with Gasteiger partial charge in [-0.05, 0) is 31.5 Å². The van der Waals surface area contributed by atoms with Crippen LogP contribution in [0.4, 0.5) is 4.39 Å². The van der Waals surface area contributed by atoms with Gasteiger partial charge in [-0.25, -0.2) is 4.39 Å². The van der Waals surface area contributed by atoms with E-state index < -0.39 is 0 Å². The Kier molecular flexibility index (Phi) is 2.52. The molecule has 2 atom stereocenters. The zero-order valence-electron chi connectivity index (χ0n) is 8.33. The van der Waals surface area contributed by atoms with Crippen LogP contribution in [0.1, 0.15) is 25.5 Å². The van der Waals surface area contributed by atoms with E-state index in [4.69, 9.17) is 4.74 Å². The van der Waals surface area contributed by atoms with Gasteiger partial charge in [0.05, 0.1) is 0 Å². The molecule has 0 amide bonds. The molecule has 2 unspecified atom stereocenters. The molecule has 0 saturated carbocycles. The standard InChI is InChI=1S/C11H14FNO/c1-7(2)13-11-10(14-11)8-3-5-9(12)6-4-8/h3-7,10-11,13H,1-2H3. The molecule has 1 aliphatic rings. The van der Waals surface area contributed by atoms with Gasteiger partial charge in [0.2, 0.25) is 0 Å². The summed E-state index contributed by atoms with van der Waals surface area (Å²) < 4.78 is 18.0. The van der Waals surface area contributed by atoms with Crippen molar-refractivity contribution in [2.45, 2.75) is 32.2 Å². The Bertz CT molecular complexity index is 310. The highest BCUT2D eigenvalue weighted by Crippen LogP contribution is 2.36. The van der Waals surface area contributed by atoms with Gasteiger partial charge in [0, 0.05) is 6.04 Å². The minimum absolute atomic E-state index is 0.0954. The van der Waals surface area contributed by atoms with Gasteiger partial charge < -0.3 is 4.74 Å². The first-order chi connectivity index (χ1) is 6.66. The maximum atomic E-state index is 12.6. The second kappa shape index (κ2) is 3.67. The third-order valence-corrected chi connectivity index (χ3v) is 2.19. The molecule has 1 aromatic rings. The molecular formula is C11H14FNO. The van der Waals surface area contributed by atoms with Gasteiger partial charge in [-0.1, -0.05) is 12.1 Å². The summed E-state index contributed by atoms with van der Waals surface area (Å²) >= 11 is 0. The van der Waals surface area contributed by atoms with Crippen LogP contribution in [0.3, 0.4) is 0 Å². The van der Waals surface area contributed by atoms with Crippen molar-refractivity contribution in [3.63, 3.8) is 0 Å². The quantitative estimate of drug-likeness (QED) is 0.748. The van der Waals surface area contributed by atoms with Crippen LogP contribution < -0.4 is 5.32 Å². The van der Waals surface area contributed by atoms with Crippen LogP contribution in [0.2, 0.25) is 0 Å². The molecule has 2 nitrogen and oxygen atoms in total. The maximum absolute atomic E-state index is 12.6. The lowest BCUT2D eigenvalue weighted by Crippen LogP contribution is -2.26. The van der Waals surface area contributed by atoms with Crippen molar-refractivity contribution in [3.05, 3.63) is 35.6 Å². The van der Waals surface area contributed by atoms with Gasteiger partial charge in [-0.15, -0.1) is 0 Å². The van der Waals surface area contributed by atoms with Crippen molar-refractivity contribution >= 4 is 0 Å². The average molecular weight is 195 g/mol. The van der Waals surface area contributed by atoms with E-state index in [-0.39, 0.29) is 18.1 Å². The summed E-state index contributed by atoms with van der Waals surface area (Å²) in [5.41, 5.74) is 1.03. The number of rotatable bonds is 3. The SMILES string of the molecule is CC(C)NC1OC1c1ccc(F)cc1. The highest BCUT2D eigenvalue weighted by Gasteiger charge is 2.40. The van der Waals surface area contributed by atoms with Gasteiger partial charge in [-0.2, -0.15) is 0 Å². The first-order valence-electron chi connectivity index (χ1n) is 4.84. The van der Waals surface area contributed by atoms with E-state index in [1.54, 1.807) is 12.1 Å². The molecule has 1 aliphatic heterocycles. The van der Waals surface area contributed by atoms with Crippen LogP contribution in [0.15, 0.2) is 24.3 Å². The summed E-state index contributed by atoms with van der Waals surface area (Å²) in [4.78, 5) is 0. The zero-order chi connectivity index (χ0) is 10.1. The Morgan fingerprint density at radius 3 is 2.50 bits per heavy atom. The average Bonchev–Trinajstić information content (AvgIpc) is 2.84. The zero-order valence-corrected chi connectivity index (χ0v) is 8.33. The topological polar surface area (TPSA) is 24.6 Å². The summed E-state index contributed by atoms with van der Waals surface area (Å²) in [7, 11) is 0. The summed E-state index contributed by atoms with van der Waals surface area (Å²) in [5, 5.41) is 3.26. The fourth-order valence-electron chi connectivity index (χ4n) is 1.47. The molecule has 3 heteroatoms. The van der Waals surface area contributed by atoms with Crippen LogP contribution >= 0.6 is 0 Å². The lowest BCUT2D eigenvalue weighted by Gasteiger charge is -2.03. The largest absolute Gasteiger partial charge is 0.348 e. The molecule has 0 bridgehead atoms. The van der Waals surface area contributed by atoms with E-state index in [0.29, 0.717) is 6.04 Å². The van der Waals surface area contributed by atoms with Gasteiger partial charge in [0.1, 0.15) is 18.1 Å². The predicted octanol–water partition coefficient (Wildman–Crippen LogP) is 2.22. The summed E-state index contributed by atoms with van der Waals surface area (Å²) in [5.74, 6) is -0.206. The van der Waals surface area contributed by atoms with E-state index in [9.17, 15) is 4.39 Å². The smallest absolute Gasteiger partial charge is 0.140 e. The second-order valence-electron chi connectivity index (χ2n) is 3.85. The number of halogens is 1. The second-order valence-corrected chi connectivity index (χ2v) is 3.85. The van der Waals surface area contributed by atoms with Crippen molar-refractivity contribution in [2.75, 3.05) is 0 Å². The predicted molar refractivity (Wildman–Crippen MR) is 52.3 cm³/mol. The Labute approximate surface area is 83.1 Å². The molecule has 76 valence electrons. The number of ether oxygens (including phenoxy) is 1.